The molecule has 2 aliphatic rings. The van der Waals surface area contributed by atoms with Crippen molar-refractivity contribution in [2.45, 2.75) is 83.3 Å². The van der Waals surface area contributed by atoms with Crippen LogP contribution in [0.3, 0.4) is 0 Å². The van der Waals surface area contributed by atoms with E-state index in [-0.39, 0.29) is 36.1 Å². The van der Waals surface area contributed by atoms with Crippen LogP contribution >= 0.6 is 0 Å². The molecule has 4 heteroatoms. The van der Waals surface area contributed by atoms with Gasteiger partial charge in [-0.15, -0.1) is 0 Å². The van der Waals surface area contributed by atoms with Crippen LogP contribution in [-0.2, 0) is 4.79 Å². The maximum absolute atomic E-state index is 12.2. The van der Waals surface area contributed by atoms with Crippen LogP contribution in [0.2, 0.25) is 0 Å². The molecule has 0 saturated heterocycles. The van der Waals surface area contributed by atoms with E-state index in [0.717, 1.165) is 51.4 Å². The number of rotatable bonds is 10. The summed E-state index contributed by atoms with van der Waals surface area (Å²) in [6.07, 6.45) is 12.0. The Bertz CT molecular complexity index is 427. The Morgan fingerprint density at radius 3 is 2.50 bits per heavy atom. The lowest BCUT2D eigenvalue weighted by atomic mass is 9.66. The van der Waals surface area contributed by atoms with Crippen LogP contribution in [0.15, 0.2) is 12.2 Å². The SMILES string of the molecule is CC1([C@H](O)C=C[C@H]2[C@H](O)CC(=O)[C@@H]2CCCCCCCO)CCC1. The zero-order valence-corrected chi connectivity index (χ0v) is 15.0. The largest absolute Gasteiger partial charge is 0.396 e. The van der Waals surface area contributed by atoms with Gasteiger partial charge in [0.2, 0.25) is 0 Å². The highest BCUT2D eigenvalue weighted by atomic mass is 16.3. The molecule has 2 fully saturated rings. The van der Waals surface area contributed by atoms with E-state index in [2.05, 4.69) is 6.92 Å². The predicted octanol–water partition coefficient (Wildman–Crippen LogP) is 2.99. The fourth-order valence-electron chi connectivity index (χ4n) is 4.09. The average Bonchev–Trinajstić information content (AvgIpc) is 2.79. The third-order valence-corrected chi connectivity index (χ3v) is 6.13. The first kappa shape index (κ1) is 19.6. The maximum atomic E-state index is 12.2. The summed E-state index contributed by atoms with van der Waals surface area (Å²) < 4.78 is 0. The molecule has 0 amide bonds. The molecule has 2 rings (SSSR count). The zero-order chi connectivity index (χ0) is 17.6. The molecule has 0 spiro atoms. The Kier molecular flexibility index (Phi) is 7.45. The molecule has 0 aromatic heterocycles. The van der Waals surface area contributed by atoms with E-state index in [1.54, 1.807) is 0 Å². The van der Waals surface area contributed by atoms with Crippen LogP contribution in [0.25, 0.3) is 0 Å². The summed E-state index contributed by atoms with van der Waals surface area (Å²) in [4.78, 5) is 12.2. The van der Waals surface area contributed by atoms with Crippen molar-refractivity contribution in [1.29, 1.82) is 0 Å². The highest BCUT2D eigenvalue weighted by Gasteiger charge is 2.41. The van der Waals surface area contributed by atoms with Gasteiger partial charge in [-0.05, 0) is 31.1 Å². The maximum Gasteiger partial charge on any atom is 0.139 e. The summed E-state index contributed by atoms with van der Waals surface area (Å²) >= 11 is 0. The van der Waals surface area contributed by atoms with Crippen molar-refractivity contribution in [3.63, 3.8) is 0 Å². The van der Waals surface area contributed by atoms with Gasteiger partial charge in [0, 0.05) is 24.9 Å². The molecule has 0 unspecified atom stereocenters. The fourth-order valence-corrected chi connectivity index (χ4v) is 4.09. The van der Waals surface area contributed by atoms with Crippen LogP contribution in [0.4, 0.5) is 0 Å². The van der Waals surface area contributed by atoms with Crippen LogP contribution in [0.1, 0.15) is 71.1 Å². The number of hydrogen-bond acceptors (Lipinski definition) is 4. The van der Waals surface area contributed by atoms with Crippen molar-refractivity contribution in [1.82, 2.24) is 0 Å². The topological polar surface area (TPSA) is 77.8 Å². The molecule has 4 nitrogen and oxygen atoms in total. The van der Waals surface area contributed by atoms with Crippen LogP contribution in [0, 0.1) is 17.3 Å². The number of hydrogen-bond donors (Lipinski definition) is 3. The smallest absolute Gasteiger partial charge is 0.139 e. The Morgan fingerprint density at radius 2 is 1.88 bits per heavy atom. The lowest BCUT2D eigenvalue weighted by molar-refractivity contribution is -0.121. The minimum absolute atomic E-state index is 0.0216. The monoisotopic (exact) mass is 338 g/mol. The highest BCUT2D eigenvalue weighted by Crippen LogP contribution is 2.44. The van der Waals surface area contributed by atoms with E-state index in [4.69, 9.17) is 5.11 Å². The van der Waals surface area contributed by atoms with Gasteiger partial charge in [-0.2, -0.15) is 0 Å². The highest BCUT2D eigenvalue weighted by molar-refractivity contribution is 5.84. The van der Waals surface area contributed by atoms with E-state index in [1.165, 1.54) is 6.42 Å². The number of ketones is 1. The fraction of sp³-hybridized carbons (Fsp3) is 0.850. The van der Waals surface area contributed by atoms with Crippen molar-refractivity contribution in [2.24, 2.45) is 17.3 Å². The molecule has 0 aromatic carbocycles. The molecule has 24 heavy (non-hydrogen) atoms. The summed E-state index contributed by atoms with van der Waals surface area (Å²) in [5, 5.41) is 29.3. The summed E-state index contributed by atoms with van der Waals surface area (Å²) in [6.45, 7) is 2.35. The van der Waals surface area contributed by atoms with Gasteiger partial charge in [-0.25, -0.2) is 0 Å². The van der Waals surface area contributed by atoms with Crippen molar-refractivity contribution >= 4 is 5.78 Å². The normalized spacial score (nSPS) is 30.7. The zero-order valence-electron chi connectivity index (χ0n) is 15.0. The molecule has 4 atom stereocenters. The van der Waals surface area contributed by atoms with Crippen LogP contribution in [-0.4, -0.2) is 39.9 Å². The Hall–Kier alpha value is -0.710. The van der Waals surface area contributed by atoms with Gasteiger partial charge in [0.15, 0.2) is 0 Å². The number of aliphatic hydroxyl groups excluding tert-OH is 3. The lowest BCUT2D eigenvalue weighted by Crippen LogP contribution is -2.37. The molecule has 0 bridgehead atoms. The van der Waals surface area contributed by atoms with Crippen molar-refractivity contribution in [3.8, 4) is 0 Å². The molecule has 2 saturated carbocycles. The molecular formula is C20H34O4. The Labute approximate surface area is 146 Å². The minimum Gasteiger partial charge on any atom is -0.396 e. The molecule has 0 heterocycles. The predicted molar refractivity (Wildman–Crippen MR) is 94.5 cm³/mol. The number of carbonyl (C=O) groups is 1. The van der Waals surface area contributed by atoms with Crippen molar-refractivity contribution in [3.05, 3.63) is 12.2 Å². The quantitative estimate of drug-likeness (QED) is 0.423. The summed E-state index contributed by atoms with van der Waals surface area (Å²) in [7, 11) is 0. The van der Waals surface area contributed by atoms with Crippen molar-refractivity contribution in [2.75, 3.05) is 6.61 Å². The Balaban J connectivity index is 1.82. The van der Waals surface area contributed by atoms with E-state index in [9.17, 15) is 15.0 Å². The summed E-state index contributed by atoms with van der Waals surface area (Å²) in [5.41, 5.74) is -0.0216. The standard InChI is InChI=1S/C20H34O4/c1-20(11-7-12-20)19(24)10-9-16-15(17(22)14-18(16)23)8-5-3-2-4-6-13-21/h9-10,15-16,18-19,21,23-24H,2-8,11-14H2,1H3/t15-,16-,18-,19-/m1/s1. The van der Waals surface area contributed by atoms with Gasteiger partial charge in [-0.3, -0.25) is 4.79 Å². The first-order chi connectivity index (χ1) is 11.5. The van der Waals surface area contributed by atoms with E-state index in [0.29, 0.717) is 0 Å². The van der Waals surface area contributed by atoms with E-state index < -0.39 is 12.2 Å². The molecule has 3 N–H and O–H groups in total. The lowest BCUT2D eigenvalue weighted by Gasteiger charge is -2.41. The van der Waals surface area contributed by atoms with Gasteiger partial charge in [0.1, 0.15) is 5.78 Å². The van der Waals surface area contributed by atoms with Crippen molar-refractivity contribution < 1.29 is 20.1 Å². The first-order valence-electron chi connectivity index (χ1n) is 9.66. The second-order valence-electron chi connectivity index (χ2n) is 8.04. The molecule has 0 radical (unpaired) electrons. The van der Waals surface area contributed by atoms with Crippen LogP contribution < -0.4 is 0 Å². The third kappa shape index (κ3) is 4.90. The molecule has 2 aliphatic carbocycles. The van der Waals surface area contributed by atoms with Gasteiger partial charge in [-0.1, -0.05) is 51.2 Å². The second kappa shape index (κ2) is 9.12. The number of Topliss-reactive ketones (excluding diaryl/α,β-unsaturated/α-hetero) is 1. The number of aliphatic hydroxyl groups is 3. The minimum atomic E-state index is -0.602. The first-order valence-corrected chi connectivity index (χ1v) is 9.66. The third-order valence-electron chi connectivity index (χ3n) is 6.13. The van der Waals surface area contributed by atoms with Gasteiger partial charge < -0.3 is 15.3 Å². The average molecular weight is 338 g/mol. The second-order valence-corrected chi connectivity index (χ2v) is 8.04. The summed E-state index contributed by atoms with van der Waals surface area (Å²) in [5.74, 6) is -0.0828. The molecule has 0 aliphatic heterocycles. The van der Waals surface area contributed by atoms with Gasteiger partial charge in [0.05, 0.1) is 12.2 Å². The number of carbonyl (C=O) groups excluding carboxylic acids is 1. The molecular weight excluding hydrogens is 304 g/mol. The molecule has 138 valence electrons. The Morgan fingerprint density at radius 1 is 1.21 bits per heavy atom. The van der Waals surface area contributed by atoms with Gasteiger partial charge >= 0.3 is 0 Å². The van der Waals surface area contributed by atoms with Crippen LogP contribution in [0.5, 0.6) is 0 Å². The number of unbranched alkanes of at least 4 members (excludes halogenated alkanes) is 4. The van der Waals surface area contributed by atoms with E-state index >= 15 is 0 Å². The van der Waals surface area contributed by atoms with E-state index in [1.807, 2.05) is 12.2 Å². The summed E-state index contributed by atoms with van der Waals surface area (Å²) in [6, 6.07) is 0. The van der Waals surface area contributed by atoms with Gasteiger partial charge in [0.25, 0.3) is 0 Å². The molecule has 0 aromatic rings.